The van der Waals surface area contributed by atoms with Gasteiger partial charge in [0.15, 0.2) is 0 Å². The number of aromatic nitrogens is 4. The van der Waals surface area contributed by atoms with Crippen molar-refractivity contribution in [2.45, 2.75) is 0 Å². The fourth-order valence-corrected chi connectivity index (χ4v) is 4.19. The molecule has 0 bridgehead atoms. The first-order valence-corrected chi connectivity index (χ1v) is 11.3. The summed E-state index contributed by atoms with van der Waals surface area (Å²) >= 11 is 6.39. The number of carbonyl (C=O) groups is 1. The Hall–Kier alpha value is -3.98. The highest BCUT2D eigenvalue weighted by Gasteiger charge is 2.25. The van der Waals surface area contributed by atoms with E-state index in [4.69, 9.17) is 16.6 Å². The second-order valence-corrected chi connectivity index (χ2v) is 8.33. The number of pyridine rings is 2. The Morgan fingerprint density at radius 1 is 0.857 bits per heavy atom. The highest BCUT2D eigenvalue weighted by Crippen LogP contribution is 2.35. The van der Waals surface area contributed by atoms with Crippen LogP contribution in [0.5, 0.6) is 0 Å². The summed E-state index contributed by atoms with van der Waals surface area (Å²) < 4.78 is 28.2. The van der Waals surface area contributed by atoms with Gasteiger partial charge in [0.25, 0.3) is 5.91 Å². The average molecular weight is 493 g/mol. The lowest BCUT2D eigenvalue weighted by Crippen LogP contribution is -2.49. The fourth-order valence-electron chi connectivity index (χ4n) is 3.98. The molecule has 176 valence electrons. The molecule has 1 aromatic carbocycles. The number of halogens is 3. The van der Waals surface area contributed by atoms with Crippen LogP contribution in [0.4, 0.5) is 14.6 Å². The van der Waals surface area contributed by atoms with E-state index >= 15 is 0 Å². The van der Waals surface area contributed by atoms with Crippen LogP contribution >= 0.6 is 11.6 Å². The normalized spacial score (nSPS) is 13.7. The molecule has 0 atom stereocenters. The maximum absolute atomic E-state index is 14.6. The number of amides is 1. The molecule has 1 amide bonds. The van der Waals surface area contributed by atoms with Crippen LogP contribution in [0, 0.1) is 11.6 Å². The van der Waals surface area contributed by atoms with Crippen molar-refractivity contribution < 1.29 is 13.6 Å². The van der Waals surface area contributed by atoms with Crippen molar-refractivity contribution in [3.05, 3.63) is 89.6 Å². The summed E-state index contributed by atoms with van der Waals surface area (Å²) in [6.07, 6.45) is 7.77. The molecule has 1 aliphatic rings. The zero-order valence-corrected chi connectivity index (χ0v) is 19.2. The zero-order valence-electron chi connectivity index (χ0n) is 18.4. The number of hydrogen-bond donors (Lipinski definition) is 0. The molecule has 1 aliphatic heterocycles. The summed E-state index contributed by atoms with van der Waals surface area (Å²) in [5, 5.41) is 0.329. The molecule has 0 N–H and O–H groups in total. The molecule has 7 nitrogen and oxygen atoms in total. The smallest absolute Gasteiger partial charge is 0.254 e. The Morgan fingerprint density at radius 2 is 1.60 bits per heavy atom. The second kappa shape index (κ2) is 9.71. The Kier molecular flexibility index (Phi) is 6.33. The molecule has 3 aromatic heterocycles. The van der Waals surface area contributed by atoms with Crippen molar-refractivity contribution in [1.29, 1.82) is 0 Å². The summed E-state index contributed by atoms with van der Waals surface area (Å²) in [4.78, 5) is 33.8. The molecule has 0 unspecified atom stereocenters. The van der Waals surface area contributed by atoms with Gasteiger partial charge < -0.3 is 9.80 Å². The quantitative estimate of drug-likeness (QED) is 0.418. The minimum atomic E-state index is -0.748. The van der Waals surface area contributed by atoms with Crippen LogP contribution < -0.4 is 4.90 Å². The molecule has 4 aromatic rings. The van der Waals surface area contributed by atoms with Crippen molar-refractivity contribution >= 4 is 23.3 Å². The second-order valence-electron chi connectivity index (χ2n) is 7.92. The molecular weight excluding hydrogens is 474 g/mol. The molecule has 5 rings (SSSR count). The van der Waals surface area contributed by atoms with Crippen LogP contribution in [0.3, 0.4) is 0 Å². The summed E-state index contributed by atoms with van der Waals surface area (Å²) in [5.74, 6) is -0.917. The monoisotopic (exact) mass is 492 g/mol. The fraction of sp³-hybridized carbons (Fsp3) is 0.160. The van der Waals surface area contributed by atoms with Crippen LogP contribution in [0.2, 0.25) is 5.02 Å². The highest BCUT2D eigenvalue weighted by molar-refractivity contribution is 6.33. The lowest BCUT2D eigenvalue weighted by Gasteiger charge is -2.35. The minimum absolute atomic E-state index is 0.0514. The van der Waals surface area contributed by atoms with Crippen molar-refractivity contribution in [3.8, 4) is 22.5 Å². The Labute approximate surface area is 205 Å². The first kappa shape index (κ1) is 22.8. The summed E-state index contributed by atoms with van der Waals surface area (Å²) in [5.41, 5.74) is 1.83. The maximum atomic E-state index is 14.6. The van der Waals surface area contributed by atoms with Crippen molar-refractivity contribution in [1.82, 2.24) is 24.8 Å². The number of nitrogens with zero attached hydrogens (tertiary/aromatic N) is 6. The first-order chi connectivity index (χ1) is 17.0. The van der Waals surface area contributed by atoms with Crippen LogP contribution in [-0.2, 0) is 0 Å². The average Bonchev–Trinajstić information content (AvgIpc) is 2.89. The standard InChI is InChI=1S/C25H19ClF2N6O/c26-20-14-30-8-5-18(20)24-23(19-2-1-17(27)13-21(19)28)31-15-22(32-24)33-9-11-34(12-10-33)25(35)16-3-6-29-7-4-16/h1-8,13-15H,9-12H2. The molecule has 1 fully saturated rings. The lowest BCUT2D eigenvalue weighted by molar-refractivity contribution is 0.0746. The van der Waals surface area contributed by atoms with Gasteiger partial charge in [0.1, 0.15) is 23.1 Å². The van der Waals surface area contributed by atoms with E-state index in [-0.39, 0.29) is 17.2 Å². The number of benzene rings is 1. The van der Waals surface area contributed by atoms with Gasteiger partial charge in [-0.2, -0.15) is 0 Å². The molecule has 1 saturated heterocycles. The third-order valence-electron chi connectivity index (χ3n) is 5.79. The third-order valence-corrected chi connectivity index (χ3v) is 6.09. The van der Waals surface area contributed by atoms with E-state index < -0.39 is 11.6 Å². The predicted molar refractivity (Wildman–Crippen MR) is 128 cm³/mol. The van der Waals surface area contributed by atoms with Crippen molar-refractivity contribution in [2.75, 3.05) is 31.1 Å². The highest BCUT2D eigenvalue weighted by atomic mass is 35.5. The van der Waals surface area contributed by atoms with Gasteiger partial charge in [-0.25, -0.2) is 18.7 Å². The van der Waals surface area contributed by atoms with Crippen LogP contribution in [0.1, 0.15) is 10.4 Å². The topological polar surface area (TPSA) is 75.1 Å². The van der Waals surface area contributed by atoms with E-state index in [1.165, 1.54) is 18.3 Å². The molecular formula is C25H19ClF2N6O. The first-order valence-electron chi connectivity index (χ1n) is 10.9. The van der Waals surface area contributed by atoms with Gasteiger partial charge in [-0.3, -0.25) is 14.8 Å². The molecule has 0 spiro atoms. The summed E-state index contributed by atoms with van der Waals surface area (Å²) in [6, 6.07) is 8.37. The Balaban J connectivity index is 1.46. The molecule has 4 heterocycles. The SMILES string of the molecule is O=C(c1ccncc1)N1CCN(c2cnc(-c3ccc(F)cc3F)c(-c3ccncc3Cl)n2)CC1. The number of anilines is 1. The zero-order chi connectivity index (χ0) is 24.4. The molecule has 10 heteroatoms. The number of carbonyl (C=O) groups excluding carboxylic acids is 1. The van der Waals surface area contributed by atoms with Gasteiger partial charge in [0.05, 0.1) is 16.9 Å². The minimum Gasteiger partial charge on any atom is -0.352 e. The summed E-state index contributed by atoms with van der Waals surface area (Å²) in [7, 11) is 0. The predicted octanol–water partition coefficient (Wildman–Crippen LogP) is 4.49. The van der Waals surface area contributed by atoms with E-state index in [9.17, 15) is 13.6 Å². The van der Waals surface area contributed by atoms with Crippen LogP contribution in [-0.4, -0.2) is 56.9 Å². The molecule has 0 aliphatic carbocycles. The number of rotatable bonds is 4. The Bertz CT molecular complexity index is 1380. The number of hydrogen-bond acceptors (Lipinski definition) is 6. The van der Waals surface area contributed by atoms with Gasteiger partial charge in [-0.1, -0.05) is 11.6 Å². The van der Waals surface area contributed by atoms with E-state index in [1.54, 1.807) is 47.9 Å². The van der Waals surface area contributed by atoms with Crippen molar-refractivity contribution in [3.63, 3.8) is 0 Å². The van der Waals surface area contributed by atoms with Crippen molar-refractivity contribution in [2.24, 2.45) is 0 Å². The maximum Gasteiger partial charge on any atom is 0.254 e. The van der Waals surface area contributed by atoms with Gasteiger partial charge in [0.2, 0.25) is 0 Å². The van der Waals surface area contributed by atoms with Gasteiger partial charge >= 0.3 is 0 Å². The van der Waals surface area contributed by atoms with E-state index in [0.29, 0.717) is 53.8 Å². The number of piperazine rings is 1. The van der Waals surface area contributed by atoms with E-state index in [0.717, 1.165) is 6.07 Å². The van der Waals surface area contributed by atoms with E-state index in [2.05, 4.69) is 15.0 Å². The van der Waals surface area contributed by atoms with Gasteiger partial charge in [-0.05, 0) is 30.3 Å². The third kappa shape index (κ3) is 4.67. The van der Waals surface area contributed by atoms with E-state index in [1.807, 2.05) is 4.90 Å². The lowest BCUT2D eigenvalue weighted by atomic mass is 10.0. The van der Waals surface area contributed by atoms with Crippen LogP contribution in [0.15, 0.2) is 67.4 Å². The Morgan fingerprint density at radius 3 is 2.31 bits per heavy atom. The van der Waals surface area contributed by atoms with Crippen LogP contribution in [0.25, 0.3) is 22.5 Å². The molecule has 35 heavy (non-hydrogen) atoms. The largest absolute Gasteiger partial charge is 0.352 e. The van der Waals surface area contributed by atoms with Gasteiger partial charge in [-0.15, -0.1) is 0 Å². The molecule has 0 radical (unpaired) electrons. The summed E-state index contributed by atoms with van der Waals surface area (Å²) in [6.45, 7) is 2.09. The molecule has 0 saturated carbocycles. The van der Waals surface area contributed by atoms with Gasteiger partial charge in [0, 0.05) is 73.7 Å².